The van der Waals surface area contributed by atoms with Gasteiger partial charge in [-0.15, -0.1) is 0 Å². The van der Waals surface area contributed by atoms with E-state index in [0.717, 1.165) is 24.4 Å². The van der Waals surface area contributed by atoms with Crippen molar-refractivity contribution < 1.29 is 127 Å². The van der Waals surface area contributed by atoms with E-state index in [-0.39, 0.29) is 213 Å². The van der Waals surface area contributed by atoms with Crippen LogP contribution >= 0.6 is 0 Å². The van der Waals surface area contributed by atoms with Gasteiger partial charge in [0.05, 0.1) is 93.1 Å². The van der Waals surface area contributed by atoms with Gasteiger partial charge in [0.2, 0.25) is 41.5 Å². The van der Waals surface area contributed by atoms with Gasteiger partial charge in [0.25, 0.3) is 0 Å². The minimum atomic E-state index is -4.60. The molecule has 8 fully saturated rings. The Kier molecular flexibility index (Phi) is 30.1. The predicted octanol–water partition coefficient (Wildman–Crippen LogP) is 11.5. The SMILES string of the molecule is O=C(C1CCS(=O)(=O)CC1)N1CCN(c2ccc(F)cn2)C[C@@H]1c1cccc(F)c1.O=C(C1CCS(=O)(=O)CC1)N1CCN(c2ncc(C(F)(F)F)cn2)CC1c1ccc(F)cc1F.O=C(C1CCS(=O)(=O)CC1)N1CCN(c2ncc(C(F)(F)F)cn2)C[C@@H]1c1ccc(F)cc1F.O=C(C1CCS(=O)(=O)CC1)N1CCN(c2ncc(C(F)(F)F)cn2)C[C@H]1c1ccc(F)cc1F. The van der Waals surface area contributed by atoms with E-state index in [2.05, 4.69) is 34.9 Å². The standard InChI is InChI=1S/3C21H21F5N4O3S.C21H23F2N3O3S/c3*22-15-1-2-16(17(23)9-15)18-12-29(20-27-10-14(11-28-20)21(24,25)26)5-6-30(18)19(31)13-3-7-34(32,33)8-4-13;22-17-3-1-2-16(12-17)19-14-25(20-5-4-18(23)13-24-20)8-9-26(19)21(27)15-6-10-30(28,29)11-7-15/h3*1-2,9-11,13,18H,3-8,12H2;1-5,12-13,15,19H,6-11,14H2/t2*18-;;19-/m10.1/s1. The zero-order chi connectivity index (χ0) is 95.3. The van der Waals surface area contributed by atoms with Crippen LogP contribution in [0.15, 0.2) is 134 Å². The maximum Gasteiger partial charge on any atom is 0.419 e. The van der Waals surface area contributed by atoms with Gasteiger partial charge < -0.3 is 39.2 Å². The molecule has 8 aliphatic heterocycles. The van der Waals surface area contributed by atoms with Crippen LogP contribution < -0.4 is 19.6 Å². The molecular weight excluding hydrogens is 1860 g/mol. The number of sulfone groups is 4. The number of carbonyl (C=O) groups excluding carboxylic acids is 4. The van der Waals surface area contributed by atoms with E-state index < -0.39 is 157 Å². The second-order valence-corrected chi connectivity index (χ2v) is 42.1. The summed E-state index contributed by atoms with van der Waals surface area (Å²) in [6.07, 6.45) is -7.20. The lowest BCUT2D eigenvalue weighted by atomic mass is 9.96. The van der Waals surface area contributed by atoms with Crippen LogP contribution in [0.1, 0.15) is 114 Å². The van der Waals surface area contributed by atoms with Crippen LogP contribution in [0.2, 0.25) is 0 Å². The number of amides is 4. The molecule has 0 aliphatic carbocycles. The Morgan fingerprint density at radius 3 is 0.803 bits per heavy atom. The molecule has 132 heavy (non-hydrogen) atoms. The summed E-state index contributed by atoms with van der Waals surface area (Å²) in [4.78, 5) is 92.5. The van der Waals surface area contributed by atoms with Gasteiger partial charge in [-0.1, -0.05) is 30.3 Å². The number of halogens is 17. The molecule has 0 saturated carbocycles. The number of hydrogen-bond donors (Lipinski definition) is 0. The third-order valence-corrected chi connectivity index (χ3v) is 31.1. The first-order chi connectivity index (χ1) is 62.2. The molecule has 4 aromatic carbocycles. The molecule has 8 aliphatic rings. The normalized spacial score (nSPS) is 21.6. The van der Waals surface area contributed by atoms with Crippen LogP contribution in [0.3, 0.4) is 0 Å². The van der Waals surface area contributed by atoms with Gasteiger partial charge >= 0.3 is 18.5 Å². The molecule has 12 heterocycles. The van der Waals surface area contributed by atoms with Crippen molar-refractivity contribution in [2.45, 2.75) is 94.1 Å². The third-order valence-electron chi connectivity index (χ3n) is 24.2. The number of pyridine rings is 1. The number of alkyl halides is 9. The number of benzene rings is 4. The van der Waals surface area contributed by atoms with Crippen LogP contribution in [0.4, 0.5) is 98.3 Å². The van der Waals surface area contributed by atoms with Crippen molar-refractivity contribution in [3.05, 3.63) is 220 Å². The Hall–Kier alpha value is -11.0. The molecule has 712 valence electrons. The van der Waals surface area contributed by atoms with Crippen molar-refractivity contribution in [3.8, 4) is 0 Å². The first-order valence-corrected chi connectivity index (χ1v) is 48.9. The number of anilines is 4. The summed E-state index contributed by atoms with van der Waals surface area (Å²) in [5.74, 6) is -9.02. The van der Waals surface area contributed by atoms with E-state index in [1.165, 1.54) is 65.8 Å². The molecular formula is C84H86F17N15O12S4. The average Bonchev–Trinajstić information content (AvgIpc) is 0.763. The first-order valence-electron chi connectivity index (χ1n) is 41.6. The lowest BCUT2D eigenvalue weighted by Gasteiger charge is -2.43. The van der Waals surface area contributed by atoms with Crippen molar-refractivity contribution in [3.63, 3.8) is 0 Å². The van der Waals surface area contributed by atoms with E-state index in [1.807, 2.05) is 4.90 Å². The highest BCUT2D eigenvalue weighted by molar-refractivity contribution is 7.92. The number of carbonyl (C=O) groups is 4. The fourth-order valence-corrected chi connectivity index (χ4v) is 23.0. The maximum atomic E-state index is 14.7. The molecule has 1 unspecified atom stereocenters. The minimum absolute atomic E-state index is 0.0172. The third kappa shape index (κ3) is 24.5. The topological polar surface area (TPSA) is 321 Å². The van der Waals surface area contributed by atoms with Gasteiger partial charge in [0, 0.05) is 174 Å². The van der Waals surface area contributed by atoms with E-state index in [9.17, 15) is 127 Å². The molecule has 27 nitrogen and oxygen atoms in total. The lowest BCUT2D eigenvalue weighted by molar-refractivity contribution is -0.139. The highest BCUT2D eigenvalue weighted by Gasteiger charge is 2.46. The second kappa shape index (κ2) is 40.4. The smallest absolute Gasteiger partial charge is 0.352 e. The molecule has 0 spiro atoms. The summed E-state index contributed by atoms with van der Waals surface area (Å²) in [5.41, 5.74) is -2.27. The monoisotopic (exact) mass is 1950 g/mol. The van der Waals surface area contributed by atoms with E-state index in [0.29, 0.717) is 99.2 Å². The molecule has 4 aromatic heterocycles. The summed E-state index contributed by atoms with van der Waals surface area (Å²) in [6.45, 7) is 1.91. The van der Waals surface area contributed by atoms with Crippen molar-refractivity contribution in [1.29, 1.82) is 0 Å². The van der Waals surface area contributed by atoms with Crippen molar-refractivity contribution >= 4 is 86.6 Å². The van der Waals surface area contributed by atoms with Crippen molar-refractivity contribution in [2.24, 2.45) is 23.7 Å². The summed E-state index contributed by atoms with van der Waals surface area (Å²) in [6, 6.07) is 14.9. The van der Waals surface area contributed by atoms with Gasteiger partial charge in [-0.3, -0.25) is 19.2 Å². The maximum absolute atomic E-state index is 14.7. The van der Waals surface area contributed by atoms with Crippen molar-refractivity contribution in [1.82, 2.24) is 54.5 Å². The van der Waals surface area contributed by atoms with Crippen LogP contribution in [0.25, 0.3) is 0 Å². The highest BCUT2D eigenvalue weighted by atomic mass is 32.2. The summed E-state index contributed by atoms with van der Waals surface area (Å²) in [7, 11) is -12.6. The van der Waals surface area contributed by atoms with Gasteiger partial charge in [0.1, 0.15) is 91.7 Å². The number of aromatic nitrogens is 7. The lowest BCUT2D eigenvalue weighted by Crippen LogP contribution is -2.53. The Morgan fingerprint density at radius 2 is 0.545 bits per heavy atom. The number of rotatable bonds is 12. The predicted molar refractivity (Wildman–Crippen MR) is 443 cm³/mol. The van der Waals surface area contributed by atoms with E-state index >= 15 is 0 Å². The zero-order valence-electron chi connectivity index (χ0n) is 69.8. The summed E-state index contributed by atoms with van der Waals surface area (Å²) in [5, 5.41) is 0. The molecule has 16 rings (SSSR count). The molecule has 0 radical (unpaired) electrons. The summed E-state index contributed by atoms with van der Waals surface area (Å²) >= 11 is 0. The molecule has 8 aromatic rings. The molecule has 0 bridgehead atoms. The van der Waals surface area contributed by atoms with Crippen molar-refractivity contribution in [2.75, 3.05) is 144 Å². The van der Waals surface area contributed by atoms with Gasteiger partial charge in [-0.25, -0.2) is 104 Å². The fourth-order valence-electron chi connectivity index (χ4n) is 17.0. The van der Waals surface area contributed by atoms with E-state index in [4.69, 9.17) is 0 Å². The Labute approximate surface area is 746 Å². The fraction of sp³-hybridized carbons (Fsp3) is 0.464. The molecule has 4 atom stereocenters. The Morgan fingerprint density at radius 1 is 0.288 bits per heavy atom. The van der Waals surface area contributed by atoms with Crippen LogP contribution in [-0.2, 0) is 77.1 Å². The zero-order valence-corrected chi connectivity index (χ0v) is 73.1. The van der Waals surface area contributed by atoms with Crippen LogP contribution in [0, 0.1) is 70.2 Å². The van der Waals surface area contributed by atoms with Gasteiger partial charge in [-0.05, 0) is 99.4 Å². The van der Waals surface area contributed by atoms with Crippen LogP contribution in [0.5, 0.6) is 0 Å². The quantitative estimate of drug-likeness (QED) is 0.103. The first kappa shape index (κ1) is 98.5. The number of nitrogens with zero attached hydrogens (tertiary/aromatic N) is 15. The number of piperazine rings is 4. The largest absolute Gasteiger partial charge is 0.419 e. The molecule has 4 amide bonds. The molecule has 8 saturated heterocycles. The van der Waals surface area contributed by atoms with Gasteiger partial charge in [-0.2, -0.15) is 39.5 Å². The second-order valence-electron chi connectivity index (χ2n) is 32.9. The molecule has 0 N–H and O–H groups in total. The van der Waals surface area contributed by atoms with E-state index in [1.54, 1.807) is 23.1 Å². The summed E-state index contributed by atoms with van der Waals surface area (Å²) < 4.78 is 321. The minimum Gasteiger partial charge on any atom is -0.352 e. The Balaban J connectivity index is 0.000000150. The number of hydrogen-bond acceptors (Lipinski definition) is 23. The van der Waals surface area contributed by atoms with Gasteiger partial charge in [0.15, 0.2) is 0 Å². The molecule has 48 heteroatoms. The Bertz CT molecular complexity index is 5500. The average molecular weight is 1950 g/mol. The highest BCUT2D eigenvalue weighted by Crippen LogP contribution is 2.41. The van der Waals surface area contributed by atoms with Crippen LogP contribution in [-0.4, -0.2) is 236 Å².